The Bertz CT molecular complexity index is 128. The third-order valence-corrected chi connectivity index (χ3v) is 0. The summed E-state index contributed by atoms with van der Waals surface area (Å²) in [5.41, 5.74) is 0. The van der Waals surface area contributed by atoms with Crippen LogP contribution >= 0.6 is 15.6 Å². The fourth-order valence-electron chi connectivity index (χ4n) is 0. The van der Waals surface area contributed by atoms with Crippen LogP contribution in [0.3, 0.4) is 0 Å². The molecule has 0 bridgehead atoms. The van der Waals surface area contributed by atoms with Gasteiger partial charge in [0.25, 0.3) is 0 Å². The Balaban J connectivity index is -0.0000000267. The van der Waals surface area contributed by atoms with E-state index in [9.17, 15) is 0 Å². The summed E-state index contributed by atoms with van der Waals surface area (Å²) in [6, 6.07) is 0. The Morgan fingerprint density at radius 1 is 0.846 bits per heavy atom. The second-order valence-electron chi connectivity index (χ2n) is 0.982. The minimum atomic E-state index is -5.14. The van der Waals surface area contributed by atoms with Gasteiger partial charge in [-0.1, -0.05) is 0 Å². The van der Waals surface area contributed by atoms with E-state index in [2.05, 4.69) is 0 Å². The first-order valence-corrected chi connectivity index (χ1v) is 4.59. The van der Waals surface area contributed by atoms with Gasteiger partial charge in [0.2, 0.25) is 0 Å². The summed E-state index contributed by atoms with van der Waals surface area (Å²) in [6.45, 7) is 0. The van der Waals surface area contributed by atoms with Gasteiger partial charge in [-0.2, -0.15) is 0 Å². The summed E-state index contributed by atoms with van der Waals surface area (Å²) < 4.78 is 17.5. The Morgan fingerprint density at radius 2 is 0.846 bits per heavy atom. The van der Waals surface area contributed by atoms with Gasteiger partial charge in [0.1, 0.15) is 0 Å². The molecule has 13 heavy (non-hydrogen) atoms. The summed E-state index contributed by atoms with van der Waals surface area (Å²) in [6.07, 6.45) is 0. The van der Waals surface area contributed by atoms with E-state index in [0.29, 0.717) is 0 Å². The summed E-state index contributed by atoms with van der Waals surface area (Å²) in [4.78, 5) is 45.8. The van der Waals surface area contributed by atoms with Crippen molar-refractivity contribution in [2.24, 2.45) is 0 Å². The van der Waals surface area contributed by atoms with E-state index in [1.807, 2.05) is 0 Å². The molecule has 6 N–H and O–H groups in total. The van der Waals surface area contributed by atoms with Crippen molar-refractivity contribution in [2.75, 3.05) is 0 Å². The van der Waals surface area contributed by atoms with E-state index in [-0.39, 0.29) is 64.6 Å². The summed E-state index contributed by atoms with van der Waals surface area (Å²) in [7, 11) is -9.78. The zero-order valence-electron chi connectivity index (χ0n) is 6.82. The van der Waals surface area contributed by atoms with Crippen LogP contribution in [0.1, 0.15) is 0 Å². The molecule has 0 unspecified atom stereocenters. The molecule has 0 saturated carbocycles. The van der Waals surface area contributed by atoms with Gasteiger partial charge in [0.05, 0.1) is 7.82 Å². The zero-order valence-corrected chi connectivity index (χ0v) is 12.6. The van der Waals surface area contributed by atoms with Crippen molar-refractivity contribution in [3.63, 3.8) is 0 Å². The van der Waals surface area contributed by atoms with E-state index < -0.39 is 15.6 Å². The average molecular weight is 258 g/mol. The topological polar surface area (TPSA) is 193 Å². The van der Waals surface area contributed by atoms with Crippen LogP contribution in [0.2, 0.25) is 0 Å². The third kappa shape index (κ3) is 443. The minimum absolute atomic E-state index is 0. The van der Waals surface area contributed by atoms with Crippen LogP contribution < -0.4 is 68.9 Å². The molecule has 0 fully saturated rings. The van der Waals surface area contributed by atoms with Gasteiger partial charge in [-0.3, -0.25) is 0 Å². The van der Waals surface area contributed by atoms with Crippen LogP contribution in [-0.4, -0.2) is 25.0 Å². The Labute approximate surface area is 118 Å². The molecule has 0 spiro atoms. The summed E-state index contributed by atoms with van der Waals surface area (Å²) in [5.74, 6) is 0. The Hall–Kier alpha value is 2.18. The smallest absolute Gasteiger partial charge is 0.790 e. The van der Waals surface area contributed by atoms with Gasteiger partial charge in [-0.15, -0.1) is 0 Å². The Kier molecular flexibility index (Phi) is 27.8. The third-order valence-electron chi connectivity index (χ3n) is 0. The van der Waals surface area contributed by atoms with E-state index in [1.54, 1.807) is 0 Å². The molecule has 72 valence electrons. The molecule has 0 amide bonds. The van der Waals surface area contributed by atoms with Crippen LogP contribution in [0.15, 0.2) is 0 Å². The minimum Gasteiger partial charge on any atom is -0.790 e. The normalized spacial score (nSPS) is 9.08. The fraction of sp³-hybridized carbons (Fsp3) is 0. The van der Waals surface area contributed by atoms with Crippen molar-refractivity contribution in [1.29, 1.82) is 0 Å². The molecule has 0 radical (unpaired) electrons. The monoisotopic (exact) mass is 258 g/mol. The van der Waals surface area contributed by atoms with Gasteiger partial charge < -0.3 is 39.4 Å². The summed E-state index contributed by atoms with van der Waals surface area (Å²) >= 11 is 0. The molecule has 0 aliphatic carbocycles. The van der Waals surface area contributed by atoms with Crippen LogP contribution in [0, 0.1) is 0 Å². The molecular weight excluding hydrogens is 252 g/mol. The number of hydrogen-bond donors (Lipinski definition) is 4. The van der Waals surface area contributed by atoms with Crippen molar-refractivity contribution >= 4 is 15.6 Å². The van der Waals surface area contributed by atoms with Crippen LogP contribution in [0.4, 0.5) is 0 Å². The first-order valence-electron chi connectivity index (χ1n) is 1.53. The van der Waals surface area contributed by atoms with Gasteiger partial charge in [-0.25, -0.2) is 4.57 Å². The fourth-order valence-corrected chi connectivity index (χ4v) is 0. The van der Waals surface area contributed by atoms with Crippen molar-refractivity contribution in [1.82, 2.24) is 0 Å². The molecule has 0 saturated heterocycles. The Morgan fingerprint density at radius 3 is 0.846 bits per heavy atom. The predicted molar refractivity (Wildman–Crippen MR) is 27.7 cm³/mol. The first-order chi connectivity index (χ1) is 4.00. The van der Waals surface area contributed by atoms with E-state index >= 15 is 0 Å². The quantitative estimate of drug-likeness (QED) is 0.243. The van der Waals surface area contributed by atoms with Crippen LogP contribution in [-0.2, 0) is 9.13 Å². The van der Waals surface area contributed by atoms with Crippen molar-refractivity contribution in [2.45, 2.75) is 0 Å². The number of phosphoric acid groups is 2. The maximum atomic E-state index is 8.88. The molecule has 0 aromatic carbocycles. The van der Waals surface area contributed by atoms with Crippen molar-refractivity contribution in [3.05, 3.63) is 0 Å². The molecule has 0 aromatic heterocycles. The largest absolute Gasteiger partial charge is 1.00 e. The standard InChI is InChI=1S/2Na.2H3O4P.H2O/c;;2*1-5(2,3)4;/h;;2*(H3,1,2,3,4);1H2/q2*+1;;;/p-2. The van der Waals surface area contributed by atoms with E-state index in [0.717, 1.165) is 0 Å². The summed E-state index contributed by atoms with van der Waals surface area (Å²) in [5, 5.41) is 0. The maximum Gasteiger partial charge on any atom is 1.00 e. The van der Waals surface area contributed by atoms with Gasteiger partial charge in [-0.05, 0) is 0 Å². The van der Waals surface area contributed by atoms with Crippen molar-refractivity contribution < 1.29 is 103 Å². The first kappa shape index (κ1) is 29.5. The molecule has 0 rings (SSSR count). The molecule has 0 aromatic rings. The molecule has 13 heteroatoms. The van der Waals surface area contributed by atoms with Crippen molar-refractivity contribution in [3.8, 4) is 0 Å². The number of rotatable bonds is 0. The van der Waals surface area contributed by atoms with Crippen LogP contribution in [0.5, 0.6) is 0 Å². The van der Waals surface area contributed by atoms with E-state index in [4.69, 9.17) is 38.5 Å². The van der Waals surface area contributed by atoms with E-state index in [1.165, 1.54) is 0 Å². The molecule has 9 nitrogen and oxygen atoms in total. The van der Waals surface area contributed by atoms with Gasteiger partial charge >= 0.3 is 66.9 Å². The molecule has 0 heterocycles. The average Bonchev–Trinajstić information content (AvgIpc) is 1.12. The SMILES string of the molecule is O.O=P(O)(O)O.O=P([O-])([O-])O.[Na+].[Na+]. The molecule has 0 aliphatic heterocycles. The van der Waals surface area contributed by atoms with Crippen LogP contribution in [0.25, 0.3) is 0 Å². The maximum absolute atomic E-state index is 8.88. The predicted octanol–water partition coefficient (Wildman–Crippen LogP) is -9.94. The van der Waals surface area contributed by atoms with Gasteiger partial charge in [0, 0.05) is 0 Å². The number of hydrogen-bond acceptors (Lipinski definition) is 4. The molecule has 0 atom stereocenters. The zero-order chi connectivity index (χ0) is 9.00. The second kappa shape index (κ2) is 12.3. The van der Waals surface area contributed by atoms with Gasteiger partial charge in [0.15, 0.2) is 0 Å². The molecular formula is H6Na2O9P2. The molecule has 0 aliphatic rings. The second-order valence-corrected chi connectivity index (χ2v) is 2.95.